The third-order valence-electron chi connectivity index (χ3n) is 6.75. The number of hydrogen-bond acceptors (Lipinski definition) is 2. The number of fused-ring (bicyclic) bond motifs is 3. The second-order valence-corrected chi connectivity index (χ2v) is 7.67. The molecule has 0 N–H and O–H groups in total. The Bertz CT molecular complexity index is 683. The SMILES string of the molecule is CC1=CC[C@H]2[C@@](C(=O)C=[N+]=[N-])(CC[C@H]3C(C)=CCC[C@@]32C)C1=O. The first-order valence-corrected chi connectivity index (χ1v) is 8.48. The van der Waals surface area contributed by atoms with E-state index in [1.807, 2.05) is 6.08 Å². The van der Waals surface area contributed by atoms with Crippen molar-refractivity contribution < 1.29 is 14.4 Å². The van der Waals surface area contributed by atoms with E-state index in [9.17, 15) is 9.59 Å². The molecule has 0 aromatic rings. The number of hydrogen-bond donors (Lipinski definition) is 0. The van der Waals surface area contributed by atoms with Gasteiger partial charge in [-0.2, -0.15) is 4.79 Å². The molecule has 0 radical (unpaired) electrons. The van der Waals surface area contributed by atoms with Crippen molar-refractivity contribution >= 4 is 17.8 Å². The van der Waals surface area contributed by atoms with Crippen LogP contribution in [0.3, 0.4) is 0 Å². The Hall–Kier alpha value is -1.80. The third kappa shape index (κ3) is 2.05. The molecule has 0 amide bonds. The molecule has 0 aromatic heterocycles. The van der Waals surface area contributed by atoms with E-state index >= 15 is 0 Å². The normalized spacial score (nSPS) is 39.3. The summed E-state index contributed by atoms with van der Waals surface area (Å²) in [6, 6.07) is 0. The summed E-state index contributed by atoms with van der Waals surface area (Å²) in [4.78, 5) is 28.8. The average molecular weight is 312 g/mol. The Kier molecular flexibility index (Phi) is 3.76. The summed E-state index contributed by atoms with van der Waals surface area (Å²) in [5, 5.41) is 0. The largest absolute Gasteiger partial charge is 0.361 e. The predicted molar refractivity (Wildman–Crippen MR) is 87.8 cm³/mol. The van der Waals surface area contributed by atoms with Crippen LogP contribution < -0.4 is 0 Å². The summed E-state index contributed by atoms with van der Waals surface area (Å²) in [7, 11) is 0. The molecule has 23 heavy (non-hydrogen) atoms. The quantitative estimate of drug-likeness (QED) is 0.257. The Labute approximate surface area is 137 Å². The molecule has 1 saturated carbocycles. The first-order chi connectivity index (χ1) is 10.9. The number of Topliss-reactive ketones (excluding diaryl/α,β-unsaturated/α-hetero) is 2. The van der Waals surface area contributed by atoms with E-state index in [0.717, 1.165) is 31.9 Å². The van der Waals surface area contributed by atoms with Crippen molar-refractivity contribution in [2.24, 2.45) is 22.7 Å². The van der Waals surface area contributed by atoms with Crippen molar-refractivity contribution in [1.82, 2.24) is 0 Å². The van der Waals surface area contributed by atoms with Crippen molar-refractivity contribution in [3.8, 4) is 0 Å². The van der Waals surface area contributed by atoms with Gasteiger partial charge in [0.05, 0.1) is 0 Å². The van der Waals surface area contributed by atoms with Crippen LogP contribution in [0.1, 0.15) is 52.9 Å². The van der Waals surface area contributed by atoms with E-state index in [2.05, 4.69) is 24.7 Å². The van der Waals surface area contributed by atoms with Crippen molar-refractivity contribution in [2.75, 3.05) is 0 Å². The van der Waals surface area contributed by atoms with Crippen LogP contribution in [0.25, 0.3) is 5.53 Å². The van der Waals surface area contributed by atoms with Crippen LogP contribution in [0.15, 0.2) is 23.3 Å². The average Bonchev–Trinajstić information content (AvgIpc) is 2.51. The van der Waals surface area contributed by atoms with E-state index in [1.54, 1.807) is 6.92 Å². The van der Waals surface area contributed by atoms with E-state index < -0.39 is 5.41 Å². The van der Waals surface area contributed by atoms with Gasteiger partial charge in [-0.05, 0) is 68.8 Å². The van der Waals surface area contributed by atoms with Gasteiger partial charge in [0.15, 0.2) is 5.78 Å². The molecule has 1 fully saturated rings. The smallest absolute Gasteiger partial charge is 0.324 e. The van der Waals surface area contributed by atoms with Gasteiger partial charge in [-0.3, -0.25) is 9.59 Å². The molecular formula is C19H24N2O2. The highest BCUT2D eigenvalue weighted by atomic mass is 16.2. The molecule has 0 saturated heterocycles. The first-order valence-electron chi connectivity index (χ1n) is 8.48. The zero-order valence-electron chi connectivity index (χ0n) is 14.1. The molecule has 0 unspecified atom stereocenters. The van der Waals surface area contributed by atoms with Crippen LogP contribution in [0.2, 0.25) is 0 Å². The van der Waals surface area contributed by atoms with Crippen LogP contribution >= 0.6 is 0 Å². The topological polar surface area (TPSA) is 70.5 Å². The van der Waals surface area contributed by atoms with Crippen LogP contribution in [0.4, 0.5) is 0 Å². The van der Waals surface area contributed by atoms with Crippen molar-refractivity contribution in [3.05, 3.63) is 28.8 Å². The Morgan fingerprint density at radius 3 is 2.78 bits per heavy atom. The maximum Gasteiger partial charge on any atom is 0.324 e. The van der Waals surface area contributed by atoms with Gasteiger partial charge in [-0.15, -0.1) is 0 Å². The number of ketones is 2. The minimum Gasteiger partial charge on any atom is -0.361 e. The van der Waals surface area contributed by atoms with Crippen LogP contribution in [-0.4, -0.2) is 22.6 Å². The fourth-order valence-corrected chi connectivity index (χ4v) is 5.59. The van der Waals surface area contributed by atoms with Gasteiger partial charge in [0.25, 0.3) is 0 Å². The Morgan fingerprint density at radius 1 is 1.35 bits per heavy atom. The lowest BCUT2D eigenvalue weighted by atomic mass is 9.43. The summed E-state index contributed by atoms with van der Waals surface area (Å²) in [6.07, 6.45) is 9.41. The highest BCUT2D eigenvalue weighted by Crippen LogP contribution is 2.63. The fourth-order valence-electron chi connectivity index (χ4n) is 5.59. The van der Waals surface area contributed by atoms with Gasteiger partial charge in [-0.1, -0.05) is 24.6 Å². The molecule has 3 rings (SSSR count). The summed E-state index contributed by atoms with van der Waals surface area (Å²) in [5.41, 5.74) is 9.84. The zero-order chi connectivity index (χ0) is 16.8. The summed E-state index contributed by atoms with van der Waals surface area (Å²) in [5.74, 6) is 0.0341. The Balaban J connectivity index is 2.17. The summed E-state index contributed by atoms with van der Waals surface area (Å²) < 4.78 is 0. The van der Waals surface area contributed by atoms with Gasteiger partial charge in [0.2, 0.25) is 5.78 Å². The second-order valence-electron chi connectivity index (χ2n) is 7.67. The lowest BCUT2D eigenvalue weighted by Crippen LogP contribution is -2.59. The maximum atomic E-state index is 13.0. The number of rotatable bonds is 2. The molecule has 0 spiro atoms. The van der Waals surface area contributed by atoms with E-state index in [0.29, 0.717) is 17.9 Å². The molecule has 0 heterocycles. The van der Waals surface area contributed by atoms with Crippen molar-refractivity contribution in [3.63, 3.8) is 0 Å². The van der Waals surface area contributed by atoms with Gasteiger partial charge < -0.3 is 5.53 Å². The number of carbonyl (C=O) groups excluding carboxylic acids is 2. The van der Waals surface area contributed by atoms with E-state index in [4.69, 9.17) is 5.53 Å². The zero-order valence-corrected chi connectivity index (χ0v) is 14.1. The Morgan fingerprint density at radius 2 is 2.09 bits per heavy atom. The van der Waals surface area contributed by atoms with Gasteiger partial charge in [0.1, 0.15) is 5.41 Å². The molecule has 0 aromatic carbocycles. The molecule has 3 aliphatic carbocycles. The molecule has 4 heteroatoms. The van der Waals surface area contributed by atoms with E-state index in [-0.39, 0.29) is 22.9 Å². The number of nitrogens with zero attached hydrogens (tertiary/aromatic N) is 2. The maximum absolute atomic E-state index is 13.0. The lowest BCUT2D eigenvalue weighted by molar-refractivity contribution is -0.154. The summed E-state index contributed by atoms with van der Waals surface area (Å²) in [6.45, 7) is 6.22. The lowest BCUT2D eigenvalue weighted by Gasteiger charge is -2.58. The van der Waals surface area contributed by atoms with Crippen LogP contribution in [0, 0.1) is 22.7 Å². The molecule has 122 valence electrons. The molecule has 3 aliphatic rings. The van der Waals surface area contributed by atoms with Gasteiger partial charge in [0, 0.05) is 0 Å². The van der Waals surface area contributed by atoms with Gasteiger partial charge in [-0.25, -0.2) is 0 Å². The third-order valence-corrected chi connectivity index (χ3v) is 6.75. The standard InChI is InChI=1S/C19H24N2O2/c1-12-5-4-9-18(3)14(12)8-10-19(16(22)11-21-20)15(18)7-6-13(2)17(19)23/h5-6,11,14-15H,4,7-10H2,1-3H3/t14-,15+,18-,19+/m0/s1. The molecule has 4 atom stereocenters. The summed E-state index contributed by atoms with van der Waals surface area (Å²) >= 11 is 0. The predicted octanol–water partition coefficient (Wildman–Crippen LogP) is 3.53. The van der Waals surface area contributed by atoms with Crippen LogP contribution in [0.5, 0.6) is 0 Å². The number of carbonyl (C=O) groups is 2. The molecule has 0 bridgehead atoms. The van der Waals surface area contributed by atoms with E-state index in [1.165, 1.54) is 5.57 Å². The van der Waals surface area contributed by atoms with Crippen LogP contribution in [-0.2, 0) is 9.59 Å². The first kappa shape index (κ1) is 16.1. The monoisotopic (exact) mass is 312 g/mol. The fraction of sp³-hybridized carbons (Fsp3) is 0.632. The molecule has 0 aliphatic heterocycles. The minimum absolute atomic E-state index is 0.0147. The highest BCUT2D eigenvalue weighted by molar-refractivity contribution is 6.35. The molecule has 4 nitrogen and oxygen atoms in total. The van der Waals surface area contributed by atoms with Gasteiger partial charge >= 0.3 is 6.21 Å². The minimum atomic E-state index is -1.03. The van der Waals surface area contributed by atoms with Crippen molar-refractivity contribution in [1.29, 1.82) is 0 Å². The van der Waals surface area contributed by atoms with Crippen molar-refractivity contribution in [2.45, 2.75) is 52.9 Å². The highest BCUT2D eigenvalue weighted by Gasteiger charge is 2.63. The molecular weight excluding hydrogens is 288 g/mol. The number of allylic oxidation sites excluding steroid dienone is 4. The second kappa shape index (κ2) is 5.38.